The first kappa shape index (κ1) is 14.9. The highest BCUT2D eigenvalue weighted by molar-refractivity contribution is 5.48. The summed E-state index contributed by atoms with van der Waals surface area (Å²) >= 11 is 0. The molecule has 1 aromatic rings. The Morgan fingerprint density at radius 2 is 1.30 bits per heavy atom. The second-order valence-corrected chi connectivity index (χ2v) is 6.74. The van der Waals surface area contributed by atoms with E-state index in [9.17, 15) is 0 Å². The first-order chi connectivity index (χ1) is 11.3. The normalized spacial score (nSPS) is 25.4. The molecule has 7 nitrogen and oxygen atoms in total. The second-order valence-electron chi connectivity index (χ2n) is 6.74. The molecule has 7 heteroatoms. The lowest BCUT2D eigenvalue weighted by Crippen LogP contribution is -2.45. The average molecular weight is 318 g/mol. The highest BCUT2D eigenvalue weighted by Gasteiger charge is 2.26. The molecule has 0 saturated carbocycles. The minimum absolute atomic E-state index is 0.309. The van der Waals surface area contributed by atoms with Crippen LogP contribution in [0.1, 0.15) is 32.6 Å². The van der Waals surface area contributed by atoms with E-state index in [1.165, 1.54) is 25.7 Å². The number of morpholine rings is 1. The molecular weight excluding hydrogens is 292 g/mol. The van der Waals surface area contributed by atoms with E-state index in [-0.39, 0.29) is 0 Å². The molecule has 4 heterocycles. The maximum atomic E-state index is 5.56. The number of hydrogen-bond donors (Lipinski definition) is 0. The highest BCUT2D eigenvalue weighted by atomic mass is 16.5. The van der Waals surface area contributed by atoms with Crippen LogP contribution in [0.2, 0.25) is 0 Å². The Morgan fingerprint density at radius 3 is 1.83 bits per heavy atom. The molecule has 0 bridgehead atoms. The van der Waals surface area contributed by atoms with Gasteiger partial charge in [0.1, 0.15) is 0 Å². The Kier molecular flexibility index (Phi) is 4.20. The number of nitrogens with zero attached hydrogens (tertiary/aromatic N) is 6. The molecule has 126 valence electrons. The predicted molar refractivity (Wildman–Crippen MR) is 90.3 cm³/mol. The number of aromatic nitrogens is 3. The van der Waals surface area contributed by atoms with Gasteiger partial charge in [-0.25, -0.2) is 0 Å². The molecule has 0 unspecified atom stereocenters. The van der Waals surface area contributed by atoms with Gasteiger partial charge >= 0.3 is 0 Å². The third-order valence-electron chi connectivity index (χ3n) is 5.00. The molecule has 0 amide bonds. The molecule has 0 N–H and O–H groups in total. The van der Waals surface area contributed by atoms with Gasteiger partial charge in [-0.2, -0.15) is 15.0 Å². The van der Waals surface area contributed by atoms with E-state index in [1.807, 2.05) is 0 Å². The summed E-state index contributed by atoms with van der Waals surface area (Å²) in [4.78, 5) is 21.3. The summed E-state index contributed by atoms with van der Waals surface area (Å²) in [5.41, 5.74) is 0. The van der Waals surface area contributed by atoms with Gasteiger partial charge in [0.2, 0.25) is 17.8 Å². The van der Waals surface area contributed by atoms with Gasteiger partial charge in [0, 0.05) is 32.7 Å². The lowest BCUT2D eigenvalue weighted by Gasteiger charge is -2.34. The van der Waals surface area contributed by atoms with E-state index < -0.39 is 0 Å². The van der Waals surface area contributed by atoms with Crippen LogP contribution in [0.15, 0.2) is 0 Å². The van der Waals surface area contributed by atoms with Crippen molar-refractivity contribution >= 4 is 17.8 Å². The third kappa shape index (κ3) is 3.06. The Morgan fingerprint density at radius 1 is 0.783 bits per heavy atom. The summed E-state index contributed by atoms with van der Waals surface area (Å²) < 4.78 is 5.56. The van der Waals surface area contributed by atoms with Crippen LogP contribution in [0.4, 0.5) is 17.8 Å². The number of hydrogen-bond acceptors (Lipinski definition) is 7. The van der Waals surface area contributed by atoms with Crippen molar-refractivity contribution in [1.82, 2.24) is 15.0 Å². The van der Waals surface area contributed by atoms with Crippen molar-refractivity contribution in [2.75, 3.05) is 60.6 Å². The Hall–Kier alpha value is -1.63. The fourth-order valence-corrected chi connectivity index (χ4v) is 3.61. The van der Waals surface area contributed by atoms with Crippen LogP contribution >= 0.6 is 0 Å². The molecule has 3 saturated heterocycles. The molecule has 3 aliphatic rings. The summed E-state index contributed by atoms with van der Waals surface area (Å²) in [6.45, 7) is 8.74. The number of rotatable bonds is 3. The van der Waals surface area contributed by atoms with Gasteiger partial charge in [-0.3, -0.25) is 0 Å². The van der Waals surface area contributed by atoms with Gasteiger partial charge in [-0.1, -0.05) is 0 Å². The van der Waals surface area contributed by atoms with Crippen LogP contribution in [-0.4, -0.2) is 66.9 Å². The summed E-state index contributed by atoms with van der Waals surface area (Å²) in [6.07, 6.45) is 4.92. The molecule has 3 aliphatic heterocycles. The summed E-state index contributed by atoms with van der Waals surface area (Å²) in [5, 5.41) is 0. The quantitative estimate of drug-likeness (QED) is 0.832. The van der Waals surface area contributed by atoms with Crippen LogP contribution in [0.3, 0.4) is 0 Å². The molecule has 0 radical (unpaired) electrons. The van der Waals surface area contributed by atoms with Crippen LogP contribution < -0.4 is 14.7 Å². The molecule has 23 heavy (non-hydrogen) atoms. The molecule has 1 atom stereocenters. The molecule has 0 aliphatic carbocycles. The maximum Gasteiger partial charge on any atom is 0.232 e. The van der Waals surface area contributed by atoms with Gasteiger partial charge in [0.15, 0.2) is 0 Å². The lowest BCUT2D eigenvalue weighted by atomic mass is 10.3. The monoisotopic (exact) mass is 318 g/mol. The van der Waals surface area contributed by atoms with Crippen LogP contribution in [0.5, 0.6) is 0 Å². The Bertz CT molecular complexity index is 507. The van der Waals surface area contributed by atoms with Gasteiger partial charge < -0.3 is 19.4 Å². The van der Waals surface area contributed by atoms with Crippen molar-refractivity contribution in [3.8, 4) is 0 Å². The van der Waals surface area contributed by atoms with Crippen LogP contribution in [-0.2, 0) is 4.74 Å². The second kappa shape index (κ2) is 6.47. The minimum Gasteiger partial charge on any atom is -0.377 e. The summed E-state index contributed by atoms with van der Waals surface area (Å²) in [5.74, 6) is 2.53. The SMILES string of the molecule is C[C@@H]1COCCN1c1nc(N2CCCC2)nc(N2CCCC2)n1. The largest absolute Gasteiger partial charge is 0.377 e. The van der Waals surface area contributed by atoms with Crippen molar-refractivity contribution in [1.29, 1.82) is 0 Å². The van der Waals surface area contributed by atoms with Crippen molar-refractivity contribution in [2.24, 2.45) is 0 Å². The summed E-state index contributed by atoms with van der Waals surface area (Å²) in [7, 11) is 0. The average Bonchev–Trinajstić information content (AvgIpc) is 3.28. The Balaban J connectivity index is 1.68. The zero-order valence-corrected chi connectivity index (χ0v) is 13.9. The van der Waals surface area contributed by atoms with E-state index in [4.69, 9.17) is 19.7 Å². The molecule has 3 fully saturated rings. The van der Waals surface area contributed by atoms with Crippen molar-refractivity contribution < 1.29 is 4.74 Å². The number of ether oxygens (including phenoxy) is 1. The molecule has 4 rings (SSSR count). The number of anilines is 3. The lowest BCUT2D eigenvalue weighted by molar-refractivity contribution is 0.0981. The summed E-state index contributed by atoms with van der Waals surface area (Å²) in [6, 6.07) is 0.309. The zero-order chi connectivity index (χ0) is 15.6. The zero-order valence-electron chi connectivity index (χ0n) is 13.9. The van der Waals surface area contributed by atoms with Gasteiger partial charge in [0.05, 0.1) is 19.3 Å². The molecular formula is C16H26N6O. The molecule has 0 aromatic carbocycles. The minimum atomic E-state index is 0.309. The Labute approximate surface area is 137 Å². The predicted octanol–water partition coefficient (Wildman–Crippen LogP) is 1.30. The van der Waals surface area contributed by atoms with E-state index in [2.05, 4.69) is 21.6 Å². The van der Waals surface area contributed by atoms with Gasteiger partial charge in [-0.05, 0) is 32.6 Å². The molecule has 0 spiro atoms. The van der Waals surface area contributed by atoms with E-state index in [0.717, 1.165) is 63.8 Å². The topological polar surface area (TPSA) is 57.6 Å². The molecule has 1 aromatic heterocycles. The van der Waals surface area contributed by atoms with E-state index >= 15 is 0 Å². The fourth-order valence-electron chi connectivity index (χ4n) is 3.61. The van der Waals surface area contributed by atoms with Gasteiger partial charge in [-0.15, -0.1) is 0 Å². The smallest absolute Gasteiger partial charge is 0.232 e. The maximum absolute atomic E-state index is 5.56. The van der Waals surface area contributed by atoms with Crippen molar-refractivity contribution in [3.05, 3.63) is 0 Å². The fraction of sp³-hybridized carbons (Fsp3) is 0.812. The van der Waals surface area contributed by atoms with Crippen LogP contribution in [0, 0.1) is 0 Å². The standard InChI is InChI=1S/C16H26N6O/c1-13-12-23-11-10-22(13)16-18-14(20-6-2-3-7-20)17-15(19-16)21-8-4-5-9-21/h13H,2-12H2,1H3/t13-/m1/s1. The highest BCUT2D eigenvalue weighted by Crippen LogP contribution is 2.25. The van der Waals surface area contributed by atoms with Gasteiger partial charge in [0.25, 0.3) is 0 Å². The third-order valence-corrected chi connectivity index (χ3v) is 5.00. The van der Waals surface area contributed by atoms with E-state index in [0.29, 0.717) is 6.04 Å². The van der Waals surface area contributed by atoms with Crippen molar-refractivity contribution in [2.45, 2.75) is 38.6 Å². The first-order valence-electron chi connectivity index (χ1n) is 8.91. The first-order valence-corrected chi connectivity index (χ1v) is 8.91. The van der Waals surface area contributed by atoms with Crippen molar-refractivity contribution in [3.63, 3.8) is 0 Å². The van der Waals surface area contributed by atoms with Crippen LogP contribution in [0.25, 0.3) is 0 Å². The van der Waals surface area contributed by atoms with E-state index in [1.54, 1.807) is 0 Å².